The van der Waals surface area contributed by atoms with E-state index in [0.29, 0.717) is 16.5 Å². The van der Waals surface area contributed by atoms with Crippen LogP contribution >= 0.6 is 0 Å². The van der Waals surface area contributed by atoms with Gasteiger partial charge in [0.25, 0.3) is 0 Å². The van der Waals surface area contributed by atoms with E-state index in [1.165, 1.54) is 6.08 Å². The third-order valence-electron chi connectivity index (χ3n) is 3.77. The number of hydrogen-bond acceptors (Lipinski definition) is 3. The number of benzene rings is 2. The third kappa shape index (κ3) is 1.89. The molecule has 0 radical (unpaired) electrons. The zero-order valence-corrected chi connectivity index (χ0v) is 11.6. The van der Waals surface area contributed by atoms with Crippen molar-refractivity contribution < 1.29 is 14.7 Å². The first-order valence-corrected chi connectivity index (χ1v) is 6.70. The largest absolute Gasteiger partial charge is 0.504 e. The van der Waals surface area contributed by atoms with Gasteiger partial charge in [0.05, 0.1) is 0 Å². The lowest BCUT2D eigenvalue weighted by molar-refractivity contribution is 0.0929. The number of aliphatic hydroxyl groups is 1. The highest BCUT2D eigenvalue weighted by molar-refractivity contribution is 6.30. The van der Waals surface area contributed by atoms with Crippen molar-refractivity contribution in [3.63, 3.8) is 0 Å². The van der Waals surface area contributed by atoms with Gasteiger partial charge in [0.1, 0.15) is 0 Å². The molecule has 0 bridgehead atoms. The number of allylic oxidation sites excluding steroid dienone is 3. The molecule has 0 amide bonds. The Kier molecular flexibility index (Phi) is 2.98. The fraction of sp³-hybridized carbons (Fsp3) is 0.111. The molecule has 0 spiro atoms. The molecule has 0 unspecified atom stereocenters. The number of hydrogen-bond donors (Lipinski definition) is 1. The van der Waals surface area contributed by atoms with E-state index in [4.69, 9.17) is 0 Å². The van der Waals surface area contributed by atoms with Gasteiger partial charge in [-0.2, -0.15) is 0 Å². The number of ketones is 2. The number of aryl methyl sites for hydroxylation is 1. The number of rotatable bonds is 2. The van der Waals surface area contributed by atoms with E-state index in [-0.39, 0.29) is 17.8 Å². The lowest BCUT2D eigenvalue weighted by atomic mass is 9.83. The summed E-state index contributed by atoms with van der Waals surface area (Å²) in [5.74, 6) is -1.25. The molecule has 0 fully saturated rings. The summed E-state index contributed by atoms with van der Waals surface area (Å²) in [7, 11) is 0. The minimum Gasteiger partial charge on any atom is -0.504 e. The molecule has 104 valence electrons. The van der Waals surface area contributed by atoms with Crippen LogP contribution in [0, 0.1) is 6.92 Å². The van der Waals surface area contributed by atoms with Crippen molar-refractivity contribution in [2.24, 2.45) is 0 Å². The molecule has 0 saturated carbocycles. The standard InChI is InChI=1S/C18H14O3/c1-3-4-13-16(19)12-8-7-11-6-5-10(2)9-14(11)15(12)18(21)17(13)20/h3,5-9,20H,1,4H2,2H3. The monoisotopic (exact) mass is 278 g/mol. The molecule has 3 heteroatoms. The fourth-order valence-electron chi connectivity index (χ4n) is 2.73. The SMILES string of the molecule is C=CCC1=C(O)C(=O)c2c(ccc3ccc(C)cc23)C1=O. The molecular formula is C18H14O3. The van der Waals surface area contributed by atoms with Gasteiger partial charge < -0.3 is 5.11 Å². The second-order valence-electron chi connectivity index (χ2n) is 5.19. The molecule has 0 aromatic heterocycles. The van der Waals surface area contributed by atoms with Crippen molar-refractivity contribution in [1.29, 1.82) is 0 Å². The molecule has 3 nitrogen and oxygen atoms in total. The van der Waals surface area contributed by atoms with Crippen molar-refractivity contribution in [2.75, 3.05) is 0 Å². The van der Waals surface area contributed by atoms with Gasteiger partial charge >= 0.3 is 0 Å². The Morgan fingerprint density at radius 3 is 2.57 bits per heavy atom. The molecule has 0 heterocycles. The van der Waals surface area contributed by atoms with Crippen molar-refractivity contribution in [2.45, 2.75) is 13.3 Å². The first-order chi connectivity index (χ1) is 10.0. The smallest absolute Gasteiger partial charge is 0.229 e. The maximum Gasteiger partial charge on any atom is 0.229 e. The molecule has 0 saturated heterocycles. The summed E-state index contributed by atoms with van der Waals surface area (Å²) < 4.78 is 0. The minimum atomic E-state index is -0.488. The predicted octanol–water partition coefficient (Wildman–Crippen LogP) is 3.92. The van der Waals surface area contributed by atoms with Crippen molar-refractivity contribution >= 4 is 22.3 Å². The van der Waals surface area contributed by atoms with Crippen LogP contribution in [0.5, 0.6) is 0 Å². The normalized spacial score (nSPS) is 14.5. The number of Topliss-reactive ketones (excluding diaryl/α,β-unsaturated/α-hetero) is 2. The van der Waals surface area contributed by atoms with E-state index < -0.39 is 11.5 Å². The molecule has 2 aromatic carbocycles. The molecule has 1 aliphatic rings. The van der Waals surface area contributed by atoms with E-state index >= 15 is 0 Å². The van der Waals surface area contributed by atoms with Crippen LogP contribution in [0.25, 0.3) is 10.8 Å². The van der Waals surface area contributed by atoms with Crippen molar-refractivity contribution in [3.8, 4) is 0 Å². The summed E-state index contributed by atoms with van der Waals surface area (Å²) in [4.78, 5) is 25.0. The maximum atomic E-state index is 12.5. The van der Waals surface area contributed by atoms with E-state index in [1.54, 1.807) is 6.07 Å². The maximum absolute atomic E-state index is 12.5. The van der Waals surface area contributed by atoms with Crippen LogP contribution in [-0.2, 0) is 0 Å². The van der Waals surface area contributed by atoms with E-state index in [1.807, 2.05) is 31.2 Å². The van der Waals surface area contributed by atoms with E-state index in [9.17, 15) is 14.7 Å². The van der Waals surface area contributed by atoms with Crippen LogP contribution in [0.1, 0.15) is 32.7 Å². The van der Waals surface area contributed by atoms with Crippen molar-refractivity contribution in [1.82, 2.24) is 0 Å². The molecular weight excluding hydrogens is 264 g/mol. The molecule has 21 heavy (non-hydrogen) atoms. The number of fused-ring (bicyclic) bond motifs is 3. The quantitative estimate of drug-likeness (QED) is 0.847. The summed E-state index contributed by atoms with van der Waals surface area (Å²) in [6.45, 7) is 5.48. The van der Waals surface area contributed by atoms with Crippen LogP contribution in [0.15, 0.2) is 54.3 Å². The van der Waals surface area contributed by atoms with Crippen molar-refractivity contribution in [3.05, 3.63) is 71.0 Å². The van der Waals surface area contributed by atoms with Gasteiger partial charge in [0, 0.05) is 16.7 Å². The van der Waals surface area contributed by atoms with Crippen LogP contribution in [0.2, 0.25) is 0 Å². The van der Waals surface area contributed by atoms with Gasteiger partial charge in [-0.05, 0) is 30.2 Å². The highest BCUT2D eigenvalue weighted by Crippen LogP contribution is 2.32. The molecule has 0 aliphatic heterocycles. The summed E-state index contributed by atoms with van der Waals surface area (Å²) in [6.07, 6.45) is 1.69. The van der Waals surface area contributed by atoms with Gasteiger partial charge in [0.2, 0.25) is 5.78 Å². The Balaban J connectivity index is 2.35. The lowest BCUT2D eigenvalue weighted by Gasteiger charge is -2.18. The molecule has 2 aromatic rings. The zero-order valence-electron chi connectivity index (χ0n) is 11.6. The zero-order chi connectivity index (χ0) is 15.1. The first-order valence-electron chi connectivity index (χ1n) is 6.70. The fourth-order valence-corrected chi connectivity index (χ4v) is 2.73. The van der Waals surface area contributed by atoms with Gasteiger partial charge in [-0.1, -0.05) is 35.9 Å². The Hall–Kier alpha value is -2.68. The topological polar surface area (TPSA) is 54.4 Å². The summed E-state index contributed by atoms with van der Waals surface area (Å²) in [6, 6.07) is 9.20. The molecule has 1 N–H and O–H groups in total. The van der Waals surface area contributed by atoms with Gasteiger partial charge in [-0.25, -0.2) is 0 Å². The Morgan fingerprint density at radius 1 is 1.14 bits per heavy atom. The average Bonchev–Trinajstić information content (AvgIpc) is 2.48. The number of carbonyl (C=O) groups excluding carboxylic acids is 2. The third-order valence-corrected chi connectivity index (χ3v) is 3.77. The number of aliphatic hydroxyl groups excluding tert-OH is 1. The van der Waals surface area contributed by atoms with Crippen LogP contribution in [0.3, 0.4) is 0 Å². The lowest BCUT2D eigenvalue weighted by Crippen LogP contribution is -2.22. The molecule has 0 atom stereocenters. The van der Waals surface area contributed by atoms with Gasteiger partial charge in [0.15, 0.2) is 11.5 Å². The summed E-state index contributed by atoms with van der Waals surface area (Å²) in [5, 5.41) is 11.7. The Bertz CT molecular complexity index is 841. The van der Waals surface area contributed by atoms with Gasteiger partial charge in [-0.15, -0.1) is 6.58 Å². The minimum absolute atomic E-state index is 0.120. The highest BCUT2D eigenvalue weighted by atomic mass is 16.3. The van der Waals surface area contributed by atoms with E-state index in [0.717, 1.165) is 10.9 Å². The predicted molar refractivity (Wildman–Crippen MR) is 81.8 cm³/mol. The Morgan fingerprint density at radius 2 is 1.86 bits per heavy atom. The summed E-state index contributed by atoms with van der Waals surface area (Å²) >= 11 is 0. The molecule has 3 rings (SSSR count). The average molecular weight is 278 g/mol. The van der Waals surface area contributed by atoms with Crippen LogP contribution in [-0.4, -0.2) is 16.7 Å². The van der Waals surface area contributed by atoms with Gasteiger partial charge in [-0.3, -0.25) is 9.59 Å². The second-order valence-corrected chi connectivity index (χ2v) is 5.19. The van der Waals surface area contributed by atoms with Crippen LogP contribution in [0.4, 0.5) is 0 Å². The molecule has 1 aliphatic carbocycles. The first kappa shape index (κ1) is 13.3. The van der Waals surface area contributed by atoms with Crippen LogP contribution < -0.4 is 0 Å². The number of carbonyl (C=O) groups is 2. The Labute approximate surface area is 122 Å². The second kappa shape index (κ2) is 4.70. The summed E-state index contributed by atoms with van der Waals surface area (Å²) in [5.41, 5.74) is 1.77. The highest BCUT2D eigenvalue weighted by Gasteiger charge is 2.32. The van der Waals surface area contributed by atoms with E-state index in [2.05, 4.69) is 6.58 Å².